The molecule has 15 heavy (non-hydrogen) atoms. The van der Waals surface area contributed by atoms with Crippen LogP contribution in [0.3, 0.4) is 0 Å². The second-order valence-electron chi connectivity index (χ2n) is 3.29. The molecule has 80 valence electrons. The molecule has 6 heteroatoms. The van der Waals surface area contributed by atoms with Crippen LogP contribution in [0.15, 0.2) is 10.9 Å². The molecule has 0 spiro atoms. The van der Waals surface area contributed by atoms with Gasteiger partial charge in [0.1, 0.15) is 17.5 Å². The molecule has 2 aromatic rings. The molecule has 2 heterocycles. The molecular weight excluding hydrogens is 196 g/mol. The fraction of sp³-hybridized carbons (Fsp3) is 0.444. The van der Waals surface area contributed by atoms with Crippen LogP contribution in [0.2, 0.25) is 0 Å². The highest BCUT2D eigenvalue weighted by molar-refractivity contribution is 5.87. The fourth-order valence-corrected chi connectivity index (χ4v) is 1.45. The van der Waals surface area contributed by atoms with Crippen LogP contribution >= 0.6 is 0 Å². The molecule has 0 aliphatic carbocycles. The molecule has 1 N–H and O–H groups in total. The number of rotatable bonds is 3. The van der Waals surface area contributed by atoms with E-state index in [0.29, 0.717) is 12.3 Å². The molecular formula is C9H12N4O2. The number of aryl methyl sites for hydroxylation is 1. The van der Waals surface area contributed by atoms with E-state index in [0.717, 1.165) is 16.9 Å². The van der Waals surface area contributed by atoms with Crippen molar-refractivity contribution in [1.29, 1.82) is 0 Å². The van der Waals surface area contributed by atoms with E-state index in [9.17, 15) is 0 Å². The van der Waals surface area contributed by atoms with Crippen LogP contribution in [-0.2, 0) is 0 Å². The van der Waals surface area contributed by atoms with Crippen molar-refractivity contribution in [2.45, 2.75) is 6.92 Å². The number of aliphatic hydroxyl groups is 1. The van der Waals surface area contributed by atoms with E-state index in [1.54, 1.807) is 0 Å². The zero-order valence-electron chi connectivity index (χ0n) is 8.64. The van der Waals surface area contributed by atoms with Gasteiger partial charge in [0.25, 0.3) is 5.71 Å². The number of hydrogen-bond acceptors (Lipinski definition) is 6. The van der Waals surface area contributed by atoms with Crippen LogP contribution in [0.4, 0.5) is 5.82 Å². The minimum absolute atomic E-state index is 0.0757. The summed E-state index contributed by atoms with van der Waals surface area (Å²) in [7, 11) is 1.85. The van der Waals surface area contributed by atoms with Gasteiger partial charge < -0.3 is 14.5 Å². The average Bonchev–Trinajstić information content (AvgIpc) is 2.61. The van der Waals surface area contributed by atoms with Gasteiger partial charge in [-0.05, 0) is 6.92 Å². The van der Waals surface area contributed by atoms with Gasteiger partial charge in [-0.2, -0.15) is 4.98 Å². The summed E-state index contributed by atoms with van der Waals surface area (Å²) in [6, 6.07) is 0. The summed E-state index contributed by atoms with van der Waals surface area (Å²) in [5, 5.41) is 13.5. The molecule has 0 bridgehead atoms. The van der Waals surface area contributed by atoms with Crippen LogP contribution in [0, 0.1) is 6.92 Å². The van der Waals surface area contributed by atoms with E-state index < -0.39 is 0 Å². The van der Waals surface area contributed by atoms with Gasteiger partial charge in [-0.15, -0.1) is 0 Å². The van der Waals surface area contributed by atoms with Gasteiger partial charge in [0.2, 0.25) is 0 Å². The number of aromatic nitrogens is 3. The summed E-state index contributed by atoms with van der Waals surface area (Å²) >= 11 is 0. The van der Waals surface area contributed by atoms with Gasteiger partial charge in [-0.1, -0.05) is 5.16 Å². The SMILES string of the molecule is Cc1noc2ncnc(N(C)CCO)c12. The Balaban J connectivity index is 2.54. The molecule has 0 atom stereocenters. The predicted octanol–water partition coefficient (Wildman–Crippen LogP) is 0.355. The average molecular weight is 208 g/mol. The van der Waals surface area contributed by atoms with Gasteiger partial charge in [0, 0.05) is 13.6 Å². The Labute approximate surface area is 86.5 Å². The summed E-state index contributed by atoms with van der Waals surface area (Å²) in [6.45, 7) is 2.43. The Morgan fingerprint density at radius 2 is 2.27 bits per heavy atom. The monoisotopic (exact) mass is 208 g/mol. The van der Waals surface area contributed by atoms with Crippen molar-refractivity contribution >= 4 is 16.9 Å². The minimum Gasteiger partial charge on any atom is -0.395 e. The quantitative estimate of drug-likeness (QED) is 0.784. The van der Waals surface area contributed by atoms with Crippen LogP contribution in [0.25, 0.3) is 11.1 Å². The molecule has 2 rings (SSSR count). The van der Waals surface area contributed by atoms with Crippen molar-refractivity contribution in [2.75, 3.05) is 25.1 Å². The maximum absolute atomic E-state index is 8.87. The Morgan fingerprint density at radius 3 is 3.00 bits per heavy atom. The van der Waals surface area contributed by atoms with E-state index in [-0.39, 0.29) is 6.61 Å². The van der Waals surface area contributed by atoms with Crippen molar-refractivity contribution in [3.05, 3.63) is 12.0 Å². The Kier molecular flexibility index (Phi) is 2.51. The number of anilines is 1. The van der Waals surface area contributed by atoms with Crippen LogP contribution in [0.5, 0.6) is 0 Å². The van der Waals surface area contributed by atoms with E-state index in [2.05, 4.69) is 15.1 Å². The zero-order valence-corrected chi connectivity index (χ0v) is 8.64. The molecule has 0 fully saturated rings. The number of likely N-dealkylation sites (N-methyl/N-ethyl adjacent to an activating group) is 1. The van der Waals surface area contributed by atoms with E-state index in [1.165, 1.54) is 6.33 Å². The maximum Gasteiger partial charge on any atom is 0.263 e. The first-order valence-electron chi connectivity index (χ1n) is 4.63. The number of aliphatic hydroxyl groups excluding tert-OH is 1. The third-order valence-electron chi connectivity index (χ3n) is 2.22. The highest BCUT2D eigenvalue weighted by atomic mass is 16.5. The highest BCUT2D eigenvalue weighted by Crippen LogP contribution is 2.24. The van der Waals surface area contributed by atoms with Crippen LogP contribution in [0.1, 0.15) is 5.69 Å². The Bertz CT molecular complexity index is 468. The Hall–Kier alpha value is -1.69. The number of nitrogens with zero attached hydrogens (tertiary/aromatic N) is 4. The van der Waals surface area contributed by atoms with Crippen molar-refractivity contribution < 1.29 is 9.63 Å². The highest BCUT2D eigenvalue weighted by Gasteiger charge is 2.14. The number of hydrogen-bond donors (Lipinski definition) is 1. The molecule has 0 aliphatic rings. The Morgan fingerprint density at radius 1 is 1.47 bits per heavy atom. The molecule has 0 radical (unpaired) electrons. The first-order valence-corrected chi connectivity index (χ1v) is 4.63. The molecule has 0 aliphatic heterocycles. The summed E-state index contributed by atoms with van der Waals surface area (Å²) in [5.74, 6) is 0.729. The topological polar surface area (TPSA) is 75.3 Å². The molecule has 6 nitrogen and oxygen atoms in total. The predicted molar refractivity (Wildman–Crippen MR) is 54.7 cm³/mol. The molecule has 0 unspecified atom stereocenters. The summed E-state index contributed by atoms with van der Waals surface area (Å²) in [4.78, 5) is 9.98. The van der Waals surface area contributed by atoms with Crippen molar-refractivity contribution in [3.8, 4) is 0 Å². The lowest BCUT2D eigenvalue weighted by Gasteiger charge is -2.16. The third kappa shape index (κ3) is 1.63. The number of fused-ring (bicyclic) bond motifs is 1. The molecule has 0 aromatic carbocycles. The molecule has 0 saturated heterocycles. The molecule has 2 aromatic heterocycles. The van der Waals surface area contributed by atoms with Gasteiger partial charge >= 0.3 is 0 Å². The lowest BCUT2D eigenvalue weighted by atomic mass is 10.3. The lowest BCUT2D eigenvalue weighted by molar-refractivity contribution is 0.304. The molecule has 0 saturated carbocycles. The van der Waals surface area contributed by atoms with E-state index in [4.69, 9.17) is 9.63 Å². The largest absolute Gasteiger partial charge is 0.395 e. The lowest BCUT2D eigenvalue weighted by Crippen LogP contribution is -2.22. The standard InChI is InChI=1S/C9H12N4O2/c1-6-7-8(13(2)3-4-14)10-5-11-9(7)15-12-6/h5,14H,3-4H2,1-2H3. The van der Waals surface area contributed by atoms with Crippen LogP contribution < -0.4 is 4.90 Å². The zero-order chi connectivity index (χ0) is 10.8. The van der Waals surface area contributed by atoms with Crippen molar-refractivity contribution in [2.24, 2.45) is 0 Å². The van der Waals surface area contributed by atoms with Crippen molar-refractivity contribution in [3.63, 3.8) is 0 Å². The van der Waals surface area contributed by atoms with Gasteiger partial charge in [-0.3, -0.25) is 0 Å². The van der Waals surface area contributed by atoms with Gasteiger partial charge in [-0.25, -0.2) is 4.98 Å². The minimum atomic E-state index is 0.0757. The van der Waals surface area contributed by atoms with E-state index >= 15 is 0 Å². The van der Waals surface area contributed by atoms with Gasteiger partial charge in [0.15, 0.2) is 0 Å². The first-order chi connectivity index (χ1) is 7.24. The van der Waals surface area contributed by atoms with Crippen molar-refractivity contribution in [1.82, 2.24) is 15.1 Å². The third-order valence-corrected chi connectivity index (χ3v) is 2.22. The maximum atomic E-state index is 8.87. The smallest absolute Gasteiger partial charge is 0.263 e. The summed E-state index contributed by atoms with van der Waals surface area (Å²) in [5.41, 5.74) is 1.23. The van der Waals surface area contributed by atoms with Crippen LogP contribution in [-0.4, -0.2) is 40.4 Å². The van der Waals surface area contributed by atoms with Gasteiger partial charge in [0.05, 0.1) is 12.3 Å². The summed E-state index contributed by atoms with van der Waals surface area (Å²) < 4.78 is 5.03. The molecule has 0 amide bonds. The summed E-state index contributed by atoms with van der Waals surface area (Å²) in [6.07, 6.45) is 1.43. The second kappa shape index (κ2) is 3.82. The fourth-order valence-electron chi connectivity index (χ4n) is 1.45. The second-order valence-corrected chi connectivity index (χ2v) is 3.29. The first kappa shape index (κ1) is 9.85. The normalized spacial score (nSPS) is 10.9. The van der Waals surface area contributed by atoms with E-state index in [1.807, 2.05) is 18.9 Å².